The Bertz CT molecular complexity index is 636. The molecular weight excluding hydrogens is 320 g/mol. The second kappa shape index (κ2) is 7.17. The molecule has 2 saturated heterocycles. The van der Waals surface area contributed by atoms with Gasteiger partial charge < -0.3 is 9.64 Å². The first-order valence-electron chi connectivity index (χ1n) is 8.67. The molecule has 2 fully saturated rings. The summed E-state index contributed by atoms with van der Waals surface area (Å²) in [6.07, 6.45) is 7.84. The van der Waals surface area contributed by atoms with Gasteiger partial charge in [-0.2, -0.15) is 0 Å². The summed E-state index contributed by atoms with van der Waals surface area (Å²) in [6.45, 7) is 6.86. The number of ether oxygens (including phenoxy) is 1. The first-order chi connectivity index (χ1) is 11.8. The van der Waals surface area contributed by atoms with E-state index in [0.717, 1.165) is 45.2 Å². The Labute approximate surface area is 147 Å². The van der Waals surface area contributed by atoms with Crippen molar-refractivity contribution in [3.63, 3.8) is 0 Å². The van der Waals surface area contributed by atoms with Crippen molar-refractivity contribution < 1.29 is 4.74 Å². The standard InChI is InChI=1S/C18H24N4OS/c1-3-16(24-10-1)12-21-7-2-4-18(13-21)14-22(8-9-23-15-18)17-11-19-5-6-20-17/h1,3,5-6,10-11H,2,4,7-9,12-15H2/t18-/m1/s1. The van der Waals surface area contributed by atoms with Gasteiger partial charge in [-0.05, 0) is 30.8 Å². The highest BCUT2D eigenvalue weighted by Crippen LogP contribution is 2.34. The fourth-order valence-corrected chi connectivity index (χ4v) is 4.70. The number of rotatable bonds is 3. The number of anilines is 1. The van der Waals surface area contributed by atoms with Crippen molar-refractivity contribution in [3.8, 4) is 0 Å². The quantitative estimate of drug-likeness (QED) is 0.856. The summed E-state index contributed by atoms with van der Waals surface area (Å²) in [5, 5.41) is 2.17. The predicted octanol–water partition coefficient (Wildman–Crippen LogP) is 2.66. The Morgan fingerprint density at radius 2 is 2.25 bits per heavy atom. The van der Waals surface area contributed by atoms with Gasteiger partial charge in [0.05, 0.1) is 19.4 Å². The van der Waals surface area contributed by atoms with Gasteiger partial charge in [-0.15, -0.1) is 11.3 Å². The van der Waals surface area contributed by atoms with Gasteiger partial charge in [-0.25, -0.2) is 4.98 Å². The highest BCUT2D eigenvalue weighted by Gasteiger charge is 2.39. The van der Waals surface area contributed by atoms with E-state index in [1.165, 1.54) is 24.3 Å². The van der Waals surface area contributed by atoms with Crippen LogP contribution in [0.2, 0.25) is 0 Å². The Morgan fingerprint density at radius 3 is 3.08 bits per heavy atom. The van der Waals surface area contributed by atoms with E-state index in [4.69, 9.17) is 4.74 Å². The number of nitrogens with zero attached hydrogens (tertiary/aromatic N) is 4. The van der Waals surface area contributed by atoms with E-state index in [2.05, 4.69) is 37.3 Å². The Hall–Kier alpha value is -1.50. The maximum absolute atomic E-state index is 6.01. The number of thiophene rings is 1. The lowest BCUT2D eigenvalue weighted by Crippen LogP contribution is -2.50. The molecule has 24 heavy (non-hydrogen) atoms. The highest BCUT2D eigenvalue weighted by atomic mass is 32.1. The van der Waals surface area contributed by atoms with Crippen molar-refractivity contribution in [1.82, 2.24) is 14.9 Å². The minimum atomic E-state index is 0.198. The smallest absolute Gasteiger partial charge is 0.147 e. The topological polar surface area (TPSA) is 41.5 Å². The molecule has 2 aromatic rings. The van der Waals surface area contributed by atoms with Gasteiger partial charge in [0.15, 0.2) is 0 Å². The van der Waals surface area contributed by atoms with Crippen LogP contribution in [-0.2, 0) is 11.3 Å². The van der Waals surface area contributed by atoms with Crippen LogP contribution in [0.15, 0.2) is 36.1 Å². The summed E-state index contributed by atoms with van der Waals surface area (Å²) >= 11 is 1.85. The first kappa shape index (κ1) is 16.0. The van der Waals surface area contributed by atoms with Crippen molar-refractivity contribution in [2.75, 3.05) is 44.3 Å². The molecule has 0 unspecified atom stereocenters. The van der Waals surface area contributed by atoms with Crippen LogP contribution >= 0.6 is 11.3 Å². The third kappa shape index (κ3) is 3.61. The number of aromatic nitrogens is 2. The van der Waals surface area contributed by atoms with Crippen molar-refractivity contribution in [2.45, 2.75) is 19.4 Å². The molecule has 0 aliphatic carbocycles. The molecule has 128 valence electrons. The summed E-state index contributed by atoms with van der Waals surface area (Å²) in [5.41, 5.74) is 0.198. The molecule has 0 amide bonds. The van der Waals surface area contributed by atoms with Crippen LogP contribution in [0.1, 0.15) is 17.7 Å². The van der Waals surface area contributed by atoms with E-state index in [-0.39, 0.29) is 5.41 Å². The molecule has 0 N–H and O–H groups in total. The van der Waals surface area contributed by atoms with Gasteiger partial charge in [0.2, 0.25) is 0 Å². The van der Waals surface area contributed by atoms with Crippen LogP contribution in [0.3, 0.4) is 0 Å². The van der Waals surface area contributed by atoms with Crippen LogP contribution < -0.4 is 4.90 Å². The second-order valence-corrected chi connectivity index (χ2v) is 7.96. The van der Waals surface area contributed by atoms with E-state index >= 15 is 0 Å². The van der Waals surface area contributed by atoms with Crippen molar-refractivity contribution in [3.05, 3.63) is 41.0 Å². The average Bonchev–Trinajstić information content (AvgIpc) is 3.03. The van der Waals surface area contributed by atoms with E-state index in [1.807, 2.05) is 17.5 Å². The average molecular weight is 344 g/mol. The molecular formula is C18H24N4OS. The van der Waals surface area contributed by atoms with Crippen molar-refractivity contribution in [2.24, 2.45) is 5.41 Å². The molecule has 6 heteroatoms. The van der Waals surface area contributed by atoms with E-state index in [0.29, 0.717) is 0 Å². The molecule has 0 saturated carbocycles. The Balaban J connectivity index is 1.49. The molecule has 2 aliphatic heterocycles. The van der Waals surface area contributed by atoms with Gasteiger partial charge in [0.1, 0.15) is 5.82 Å². The molecule has 1 atom stereocenters. The SMILES string of the molecule is c1csc(CN2CCC[C@@]3(COCCN(c4cnccn4)C3)C2)c1. The highest BCUT2D eigenvalue weighted by molar-refractivity contribution is 7.09. The molecule has 2 aromatic heterocycles. The van der Waals surface area contributed by atoms with E-state index < -0.39 is 0 Å². The zero-order valence-electron chi connectivity index (χ0n) is 13.9. The maximum atomic E-state index is 6.01. The summed E-state index contributed by atoms with van der Waals surface area (Å²) in [4.78, 5) is 15.1. The number of hydrogen-bond donors (Lipinski definition) is 0. The fraction of sp³-hybridized carbons (Fsp3) is 0.556. The molecule has 4 rings (SSSR count). The van der Waals surface area contributed by atoms with E-state index in [9.17, 15) is 0 Å². The minimum Gasteiger partial charge on any atom is -0.379 e. The van der Waals surface area contributed by atoms with Gasteiger partial charge >= 0.3 is 0 Å². The Kier molecular flexibility index (Phi) is 4.78. The van der Waals surface area contributed by atoms with Gasteiger partial charge in [0.25, 0.3) is 0 Å². The van der Waals surface area contributed by atoms with Crippen LogP contribution in [0, 0.1) is 5.41 Å². The molecule has 4 heterocycles. The zero-order valence-corrected chi connectivity index (χ0v) is 14.7. The normalized spacial score (nSPS) is 25.8. The molecule has 2 aliphatic rings. The number of hydrogen-bond acceptors (Lipinski definition) is 6. The maximum Gasteiger partial charge on any atom is 0.147 e. The summed E-state index contributed by atoms with van der Waals surface area (Å²) in [5.74, 6) is 0.970. The summed E-state index contributed by atoms with van der Waals surface area (Å²) in [7, 11) is 0. The van der Waals surface area contributed by atoms with Crippen LogP contribution in [-0.4, -0.2) is 54.3 Å². The molecule has 5 nitrogen and oxygen atoms in total. The predicted molar refractivity (Wildman–Crippen MR) is 96.3 cm³/mol. The lowest BCUT2D eigenvalue weighted by molar-refractivity contribution is 0.0109. The van der Waals surface area contributed by atoms with E-state index in [1.54, 1.807) is 12.4 Å². The fourth-order valence-electron chi connectivity index (χ4n) is 3.96. The second-order valence-electron chi connectivity index (χ2n) is 6.93. The molecule has 0 bridgehead atoms. The zero-order chi connectivity index (χ0) is 16.2. The third-order valence-electron chi connectivity index (χ3n) is 5.01. The van der Waals surface area contributed by atoms with Crippen molar-refractivity contribution in [1.29, 1.82) is 0 Å². The Morgan fingerprint density at radius 1 is 1.25 bits per heavy atom. The number of likely N-dealkylation sites (tertiary alicyclic amines) is 1. The van der Waals surface area contributed by atoms with Gasteiger partial charge in [-0.3, -0.25) is 9.88 Å². The van der Waals surface area contributed by atoms with Gasteiger partial charge in [0, 0.05) is 48.9 Å². The summed E-state index contributed by atoms with van der Waals surface area (Å²) in [6, 6.07) is 4.38. The molecule has 0 aromatic carbocycles. The lowest BCUT2D eigenvalue weighted by atomic mass is 9.80. The first-order valence-corrected chi connectivity index (χ1v) is 9.54. The minimum absolute atomic E-state index is 0.198. The molecule has 1 spiro atoms. The summed E-state index contributed by atoms with van der Waals surface area (Å²) < 4.78 is 6.01. The van der Waals surface area contributed by atoms with Crippen molar-refractivity contribution >= 4 is 17.2 Å². The van der Waals surface area contributed by atoms with Crippen LogP contribution in [0.25, 0.3) is 0 Å². The largest absolute Gasteiger partial charge is 0.379 e. The lowest BCUT2D eigenvalue weighted by Gasteiger charge is -2.43. The third-order valence-corrected chi connectivity index (χ3v) is 5.87. The van der Waals surface area contributed by atoms with Gasteiger partial charge in [-0.1, -0.05) is 6.07 Å². The van der Waals surface area contributed by atoms with Crippen LogP contribution in [0.4, 0.5) is 5.82 Å². The number of piperidine rings is 1. The van der Waals surface area contributed by atoms with Crippen LogP contribution in [0.5, 0.6) is 0 Å². The monoisotopic (exact) mass is 344 g/mol. The molecule has 0 radical (unpaired) electrons.